The Labute approximate surface area is 131 Å². The minimum absolute atomic E-state index is 0.0612. The van der Waals surface area contributed by atoms with Gasteiger partial charge in [-0.05, 0) is 36.5 Å². The predicted molar refractivity (Wildman–Crippen MR) is 91.1 cm³/mol. The van der Waals surface area contributed by atoms with Gasteiger partial charge in [0.1, 0.15) is 0 Å². The third-order valence-electron chi connectivity index (χ3n) is 4.00. The molecule has 2 N–H and O–H groups in total. The number of hydrogen-bond acceptors (Lipinski definition) is 2. The number of rotatable bonds is 2. The van der Waals surface area contributed by atoms with Crippen molar-refractivity contribution in [3.63, 3.8) is 0 Å². The van der Waals surface area contributed by atoms with Gasteiger partial charge in [-0.3, -0.25) is 0 Å². The van der Waals surface area contributed by atoms with Crippen LogP contribution in [0.5, 0.6) is 0 Å². The molecule has 1 heterocycles. The maximum atomic E-state index is 6.11. The van der Waals surface area contributed by atoms with Gasteiger partial charge in [-0.25, -0.2) is 0 Å². The summed E-state index contributed by atoms with van der Waals surface area (Å²) in [7, 11) is 0. The Kier molecular flexibility index (Phi) is 4.60. The van der Waals surface area contributed by atoms with Crippen LogP contribution in [0.2, 0.25) is 0 Å². The number of anilines is 1. The molecular formula is C17H25BrN2. The fraction of sp³-hybridized carbons (Fsp3) is 0.529. The van der Waals surface area contributed by atoms with Crippen molar-refractivity contribution in [3.8, 4) is 0 Å². The summed E-state index contributed by atoms with van der Waals surface area (Å²) in [5, 5.41) is 0. The molecule has 0 amide bonds. The zero-order chi connectivity index (χ0) is 14.9. The van der Waals surface area contributed by atoms with E-state index in [1.807, 2.05) is 6.92 Å². The normalized spacial score (nSPS) is 17.9. The van der Waals surface area contributed by atoms with Gasteiger partial charge in [0.25, 0.3) is 0 Å². The smallest absolute Gasteiger partial charge is 0.0428 e. The molecule has 1 unspecified atom stereocenters. The molecular weight excluding hydrogens is 312 g/mol. The highest BCUT2D eigenvalue weighted by Gasteiger charge is 2.23. The molecule has 0 saturated carbocycles. The molecule has 1 aliphatic rings. The topological polar surface area (TPSA) is 29.3 Å². The Morgan fingerprint density at radius 2 is 2.00 bits per heavy atom. The van der Waals surface area contributed by atoms with E-state index in [0.29, 0.717) is 0 Å². The van der Waals surface area contributed by atoms with Crippen LogP contribution in [0.1, 0.15) is 45.7 Å². The molecule has 3 heteroatoms. The molecule has 1 aromatic carbocycles. The van der Waals surface area contributed by atoms with Crippen molar-refractivity contribution in [3.05, 3.63) is 39.9 Å². The maximum absolute atomic E-state index is 6.11. The number of nitrogens with two attached hydrogens (primary N) is 1. The molecule has 1 aliphatic heterocycles. The van der Waals surface area contributed by atoms with E-state index in [1.165, 1.54) is 11.3 Å². The van der Waals surface area contributed by atoms with Gasteiger partial charge in [0.05, 0.1) is 0 Å². The summed E-state index contributed by atoms with van der Waals surface area (Å²) in [4.78, 5) is 2.43. The second-order valence-corrected chi connectivity index (χ2v) is 7.58. The van der Waals surface area contributed by atoms with Crippen LogP contribution in [0, 0.1) is 5.41 Å². The van der Waals surface area contributed by atoms with Crippen LogP contribution in [-0.2, 0) is 0 Å². The molecule has 2 nitrogen and oxygen atoms in total. The van der Waals surface area contributed by atoms with Gasteiger partial charge in [0, 0.05) is 29.3 Å². The Morgan fingerprint density at radius 3 is 2.50 bits per heavy atom. The van der Waals surface area contributed by atoms with Crippen molar-refractivity contribution in [2.45, 2.75) is 40.2 Å². The van der Waals surface area contributed by atoms with Gasteiger partial charge in [0.2, 0.25) is 0 Å². The molecule has 0 saturated heterocycles. The molecule has 1 aromatic rings. The Bertz CT molecular complexity index is 512. The summed E-state index contributed by atoms with van der Waals surface area (Å²) in [5.41, 5.74) is 10.4. The van der Waals surface area contributed by atoms with Crippen molar-refractivity contribution < 1.29 is 0 Å². The van der Waals surface area contributed by atoms with Crippen LogP contribution in [0.4, 0.5) is 5.69 Å². The van der Waals surface area contributed by atoms with Crippen LogP contribution in [0.25, 0.3) is 0 Å². The number of halogens is 1. The third kappa shape index (κ3) is 3.44. The number of hydrogen-bond donors (Lipinski definition) is 1. The second kappa shape index (κ2) is 5.90. The van der Waals surface area contributed by atoms with E-state index in [0.717, 1.165) is 24.0 Å². The summed E-state index contributed by atoms with van der Waals surface area (Å²) in [5.74, 6) is 0. The molecule has 110 valence electrons. The van der Waals surface area contributed by atoms with Crippen molar-refractivity contribution >= 4 is 21.6 Å². The largest absolute Gasteiger partial charge is 0.367 e. The van der Waals surface area contributed by atoms with Crippen molar-refractivity contribution in [2.24, 2.45) is 11.1 Å². The van der Waals surface area contributed by atoms with E-state index in [9.17, 15) is 0 Å². The van der Waals surface area contributed by atoms with E-state index in [4.69, 9.17) is 5.73 Å². The lowest BCUT2D eigenvalue weighted by atomic mass is 9.83. The highest BCUT2D eigenvalue weighted by Crippen LogP contribution is 2.34. The van der Waals surface area contributed by atoms with E-state index >= 15 is 0 Å². The molecule has 1 atom stereocenters. The van der Waals surface area contributed by atoms with Crippen molar-refractivity contribution in [1.29, 1.82) is 0 Å². The average Bonchev–Trinajstić information content (AvgIpc) is 2.37. The molecule has 0 fully saturated rings. The van der Waals surface area contributed by atoms with E-state index in [1.54, 1.807) is 5.57 Å². The van der Waals surface area contributed by atoms with Gasteiger partial charge in [-0.15, -0.1) is 0 Å². The van der Waals surface area contributed by atoms with Crippen LogP contribution < -0.4 is 10.6 Å². The van der Waals surface area contributed by atoms with E-state index in [2.05, 4.69) is 65.9 Å². The summed E-state index contributed by atoms with van der Waals surface area (Å²) < 4.78 is 1.11. The molecule has 20 heavy (non-hydrogen) atoms. The number of nitrogens with zero attached hydrogens (tertiary/aromatic N) is 1. The van der Waals surface area contributed by atoms with Crippen molar-refractivity contribution in [1.82, 2.24) is 0 Å². The molecule has 0 aliphatic carbocycles. The molecule has 0 spiro atoms. The Hall–Kier alpha value is -0.800. The van der Waals surface area contributed by atoms with Crippen molar-refractivity contribution in [2.75, 3.05) is 18.0 Å². The lowest BCUT2D eigenvalue weighted by Gasteiger charge is -2.35. The number of benzene rings is 1. The fourth-order valence-electron chi connectivity index (χ4n) is 2.74. The molecule has 2 rings (SSSR count). The highest BCUT2D eigenvalue weighted by atomic mass is 79.9. The van der Waals surface area contributed by atoms with Crippen LogP contribution in [0.3, 0.4) is 0 Å². The highest BCUT2D eigenvalue weighted by molar-refractivity contribution is 9.10. The summed E-state index contributed by atoms with van der Waals surface area (Å²) in [6.07, 6.45) is 3.52. The van der Waals surface area contributed by atoms with Crippen LogP contribution in [-0.4, -0.2) is 13.1 Å². The first-order chi connectivity index (χ1) is 9.29. The standard InChI is InChI=1S/C17H25BrN2/c1-12(19)15-6-5-14(18)11-16(15)20-9-7-13(8-10-20)17(2,3)4/h5-7,11-12H,8-10,19H2,1-4H3. The van der Waals surface area contributed by atoms with Gasteiger partial charge in [-0.1, -0.05) is 54.4 Å². The van der Waals surface area contributed by atoms with Gasteiger partial charge in [-0.2, -0.15) is 0 Å². The zero-order valence-corrected chi connectivity index (χ0v) is 14.5. The lowest BCUT2D eigenvalue weighted by molar-refractivity contribution is 0.472. The maximum Gasteiger partial charge on any atom is 0.0428 e. The Balaban J connectivity index is 2.27. The van der Waals surface area contributed by atoms with Gasteiger partial charge in [0.15, 0.2) is 0 Å². The third-order valence-corrected chi connectivity index (χ3v) is 4.49. The summed E-state index contributed by atoms with van der Waals surface area (Å²) >= 11 is 3.57. The molecule has 0 aromatic heterocycles. The minimum atomic E-state index is 0.0612. The minimum Gasteiger partial charge on any atom is -0.367 e. The van der Waals surface area contributed by atoms with E-state index < -0.39 is 0 Å². The molecule has 0 radical (unpaired) electrons. The molecule has 0 bridgehead atoms. The Morgan fingerprint density at radius 1 is 1.30 bits per heavy atom. The first-order valence-corrected chi connectivity index (χ1v) is 8.08. The predicted octanol–water partition coefficient (Wildman–Crippen LogP) is 4.65. The first kappa shape index (κ1) is 15.6. The summed E-state index contributed by atoms with van der Waals surface area (Å²) in [6, 6.07) is 6.45. The SMILES string of the molecule is CC(N)c1ccc(Br)cc1N1CC=C(C(C)(C)C)CC1. The van der Waals surface area contributed by atoms with Gasteiger partial charge >= 0.3 is 0 Å². The summed E-state index contributed by atoms with van der Waals surface area (Å²) in [6.45, 7) is 11.0. The van der Waals surface area contributed by atoms with E-state index in [-0.39, 0.29) is 11.5 Å². The monoisotopic (exact) mass is 336 g/mol. The van der Waals surface area contributed by atoms with Crippen LogP contribution >= 0.6 is 15.9 Å². The van der Waals surface area contributed by atoms with Gasteiger partial charge < -0.3 is 10.6 Å². The first-order valence-electron chi connectivity index (χ1n) is 7.28. The second-order valence-electron chi connectivity index (χ2n) is 6.67. The van der Waals surface area contributed by atoms with Crippen LogP contribution in [0.15, 0.2) is 34.3 Å². The fourth-order valence-corrected chi connectivity index (χ4v) is 3.09. The quantitative estimate of drug-likeness (QED) is 0.796. The average molecular weight is 337 g/mol. The zero-order valence-electron chi connectivity index (χ0n) is 12.9. The lowest BCUT2D eigenvalue weighted by Crippen LogP contribution is -2.32.